The fourth-order valence-electron chi connectivity index (χ4n) is 1.55. The first-order valence-corrected chi connectivity index (χ1v) is 4.28. The van der Waals surface area contributed by atoms with Crippen LogP contribution >= 0.6 is 0 Å². The third-order valence-electron chi connectivity index (χ3n) is 2.51. The highest BCUT2D eigenvalue weighted by molar-refractivity contribution is 5.25. The van der Waals surface area contributed by atoms with E-state index < -0.39 is 5.60 Å². The van der Waals surface area contributed by atoms with Gasteiger partial charge in [0.05, 0.1) is 13.2 Å². The van der Waals surface area contributed by atoms with Gasteiger partial charge in [-0.15, -0.1) is 0 Å². The van der Waals surface area contributed by atoms with Gasteiger partial charge in [-0.25, -0.2) is 4.39 Å². The van der Waals surface area contributed by atoms with Gasteiger partial charge >= 0.3 is 0 Å². The maximum Gasteiger partial charge on any atom is 0.123 e. The van der Waals surface area contributed by atoms with Crippen molar-refractivity contribution in [3.8, 4) is 0 Å². The van der Waals surface area contributed by atoms with E-state index in [9.17, 15) is 4.39 Å². The number of hydrogen-bond acceptors (Lipinski definition) is 2. The number of hydrogen-bond donors (Lipinski definition) is 1. The summed E-state index contributed by atoms with van der Waals surface area (Å²) in [6.07, 6.45) is 0.801. The van der Waals surface area contributed by atoms with Crippen LogP contribution in [0.4, 0.5) is 4.39 Å². The zero-order valence-electron chi connectivity index (χ0n) is 7.16. The fraction of sp³-hybridized carbons (Fsp3) is 0.400. The molecule has 1 heterocycles. The lowest BCUT2D eigenvalue weighted by Crippen LogP contribution is -2.44. The first-order chi connectivity index (χ1) is 6.27. The Kier molecular flexibility index (Phi) is 2.06. The van der Waals surface area contributed by atoms with Crippen LogP contribution < -0.4 is 0 Å². The standard InChI is InChI=1S/C10H11FO2/c11-9-3-1-8(2-4-9)10(7-12)5-6-13-10/h1-4,12H,5-7H2. The summed E-state index contributed by atoms with van der Waals surface area (Å²) in [5.41, 5.74) is 0.288. The number of aliphatic hydroxyl groups is 1. The molecule has 0 amide bonds. The van der Waals surface area contributed by atoms with Gasteiger partial charge < -0.3 is 9.84 Å². The van der Waals surface area contributed by atoms with E-state index >= 15 is 0 Å². The van der Waals surface area contributed by atoms with E-state index in [4.69, 9.17) is 9.84 Å². The van der Waals surface area contributed by atoms with E-state index in [-0.39, 0.29) is 12.4 Å². The van der Waals surface area contributed by atoms with Crippen molar-refractivity contribution in [3.05, 3.63) is 35.6 Å². The van der Waals surface area contributed by atoms with Crippen LogP contribution in [-0.2, 0) is 10.3 Å². The first-order valence-electron chi connectivity index (χ1n) is 4.28. The second-order valence-corrected chi connectivity index (χ2v) is 3.26. The predicted octanol–water partition coefficient (Wildman–Crippen LogP) is 1.43. The summed E-state index contributed by atoms with van der Waals surface area (Å²) >= 11 is 0. The van der Waals surface area contributed by atoms with Crippen molar-refractivity contribution < 1.29 is 14.2 Å². The molecule has 2 rings (SSSR count). The average molecular weight is 182 g/mol. The van der Waals surface area contributed by atoms with E-state index in [0.29, 0.717) is 6.61 Å². The van der Waals surface area contributed by atoms with Crippen molar-refractivity contribution in [2.75, 3.05) is 13.2 Å². The Morgan fingerprint density at radius 3 is 2.38 bits per heavy atom. The molecular formula is C10H11FO2. The van der Waals surface area contributed by atoms with Gasteiger partial charge in [0.1, 0.15) is 11.4 Å². The quantitative estimate of drug-likeness (QED) is 0.749. The Hall–Kier alpha value is -0.930. The summed E-state index contributed by atoms with van der Waals surface area (Å²) in [4.78, 5) is 0. The molecule has 0 saturated carbocycles. The summed E-state index contributed by atoms with van der Waals surface area (Å²) in [5.74, 6) is -0.267. The van der Waals surface area contributed by atoms with Crippen LogP contribution in [0, 0.1) is 5.82 Å². The van der Waals surface area contributed by atoms with Crippen molar-refractivity contribution in [1.29, 1.82) is 0 Å². The van der Waals surface area contributed by atoms with Crippen molar-refractivity contribution in [2.45, 2.75) is 12.0 Å². The number of benzene rings is 1. The van der Waals surface area contributed by atoms with Crippen LogP contribution in [-0.4, -0.2) is 18.3 Å². The zero-order valence-corrected chi connectivity index (χ0v) is 7.16. The van der Waals surface area contributed by atoms with Crippen LogP contribution in [0.2, 0.25) is 0 Å². The van der Waals surface area contributed by atoms with Crippen LogP contribution in [0.25, 0.3) is 0 Å². The Labute approximate surface area is 76.0 Å². The van der Waals surface area contributed by atoms with Gasteiger partial charge in [-0.05, 0) is 17.7 Å². The van der Waals surface area contributed by atoms with E-state index in [1.54, 1.807) is 12.1 Å². The van der Waals surface area contributed by atoms with Crippen molar-refractivity contribution >= 4 is 0 Å². The largest absolute Gasteiger partial charge is 0.393 e. The van der Waals surface area contributed by atoms with Crippen LogP contribution in [0.15, 0.2) is 24.3 Å². The molecule has 3 heteroatoms. The molecule has 1 aromatic rings. The average Bonchev–Trinajstić information content (AvgIpc) is 2.07. The molecular weight excluding hydrogens is 171 g/mol. The smallest absolute Gasteiger partial charge is 0.123 e. The molecule has 1 aliphatic rings. The van der Waals surface area contributed by atoms with Crippen LogP contribution in [0.5, 0.6) is 0 Å². The van der Waals surface area contributed by atoms with Gasteiger partial charge in [0.15, 0.2) is 0 Å². The van der Waals surface area contributed by atoms with Crippen LogP contribution in [0.3, 0.4) is 0 Å². The van der Waals surface area contributed by atoms with E-state index in [0.717, 1.165) is 12.0 Å². The second-order valence-electron chi connectivity index (χ2n) is 3.26. The zero-order chi connectivity index (χ0) is 9.31. The molecule has 2 nitrogen and oxygen atoms in total. The Morgan fingerprint density at radius 1 is 1.38 bits per heavy atom. The van der Waals surface area contributed by atoms with Crippen molar-refractivity contribution in [3.63, 3.8) is 0 Å². The van der Waals surface area contributed by atoms with Crippen LogP contribution in [0.1, 0.15) is 12.0 Å². The lowest BCUT2D eigenvalue weighted by Gasteiger charge is -2.40. The molecule has 1 aromatic carbocycles. The molecule has 1 atom stereocenters. The molecule has 1 aliphatic heterocycles. The van der Waals surface area contributed by atoms with Gasteiger partial charge in [-0.3, -0.25) is 0 Å². The molecule has 0 bridgehead atoms. The molecule has 0 radical (unpaired) electrons. The van der Waals surface area contributed by atoms with E-state index in [2.05, 4.69) is 0 Å². The van der Waals surface area contributed by atoms with Crippen molar-refractivity contribution in [2.24, 2.45) is 0 Å². The molecule has 70 valence electrons. The summed E-state index contributed by atoms with van der Waals surface area (Å²) in [7, 11) is 0. The maximum absolute atomic E-state index is 12.6. The minimum atomic E-state index is -0.562. The lowest BCUT2D eigenvalue weighted by molar-refractivity contribution is -0.177. The maximum atomic E-state index is 12.6. The molecule has 1 saturated heterocycles. The van der Waals surface area contributed by atoms with Gasteiger partial charge in [0.25, 0.3) is 0 Å². The van der Waals surface area contributed by atoms with E-state index in [1.807, 2.05) is 0 Å². The molecule has 1 N–H and O–H groups in total. The molecule has 0 aromatic heterocycles. The fourth-order valence-corrected chi connectivity index (χ4v) is 1.55. The summed E-state index contributed by atoms with van der Waals surface area (Å²) in [6, 6.07) is 6.08. The minimum absolute atomic E-state index is 0.0430. The summed E-state index contributed by atoms with van der Waals surface area (Å²) in [5, 5.41) is 9.14. The third kappa shape index (κ3) is 1.34. The normalized spacial score (nSPS) is 26.9. The minimum Gasteiger partial charge on any atom is -0.393 e. The number of aliphatic hydroxyl groups excluding tert-OH is 1. The highest BCUT2D eigenvalue weighted by Gasteiger charge is 2.39. The van der Waals surface area contributed by atoms with Gasteiger partial charge in [0, 0.05) is 6.42 Å². The topological polar surface area (TPSA) is 29.5 Å². The van der Waals surface area contributed by atoms with Crippen molar-refractivity contribution in [1.82, 2.24) is 0 Å². The Morgan fingerprint density at radius 2 is 2.00 bits per heavy atom. The highest BCUT2D eigenvalue weighted by Crippen LogP contribution is 2.36. The van der Waals surface area contributed by atoms with Gasteiger partial charge in [-0.1, -0.05) is 12.1 Å². The molecule has 0 aliphatic carbocycles. The molecule has 1 fully saturated rings. The Balaban J connectivity index is 2.28. The second kappa shape index (κ2) is 3.09. The summed E-state index contributed by atoms with van der Waals surface area (Å²) in [6.45, 7) is 0.622. The first kappa shape index (κ1) is 8.66. The molecule has 13 heavy (non-hydrogen) atoms. The van der Waals surface area contributed by atoms with E-state index in [1.165, 1.54) is 12.1 Å². The number of rotatable bonds is 2. The SMILES string of the molecule is OCC1(c2ccc(F)cc2)CCO1. The summed E-state index contributed by atoms with van der Waals surface area (Å²) < 4.78 is 17.9. The van der Waals surface area contributed by atoms with Gasteiger partial charge in [0.2, 0.25) is 0 Å². The number of ether oxygens (including phenoxy) is 1. The third-order valence-corrected chi connectivity index (χ3v) is 2.51. The molecule has 1 unspecified atom stereocenters. The lowest BCUT2D eigenvalue weighted by atomic mass is 9.87. The number of halogens is 1. The predicted molar refractivity (Wildman–Crippen MR) is 45.7 cm³/mol. The monoisotopic (exact) mass is 182 g/mol. The van der Waals surface area contributed by atoms with Gasteiger partial charge in [-0.2, -0.15) is 0 Å². The Bertz CT molecular complexity index is 285. The highest BCUT2D eigenvalue weighted by atomic mass is 19.1. The molecule has 0 spiro atoms.